The van der Waals surface area contributed by atoms with Crippen molar-refractivity contribution in [1.29, 1.82) is 0 Å². The molecule has 0 amide bonds. The molecule has 2 rings (SSSR count). The minimum atomic E-state index is -0.458. The molecule has 2 fully saturated rings. The fourth-order valence-electron chi connectivity index (χ4n) is 3.19. The van der Waals surface area contributed by atoms with Crippen LogP contribution in [0.15, 0.2) is 0 Å². The SMILES string of the molecule is CNC1CCOCC1CN1CCCC(C)(O)CC1. The first kappa shape index (κ1) is 14.3. The Morgan fingerprint density at radius 2 is 2.22 bits per heavy atom. The van der Waals surface area contributed by atoms with Crippen molar-refractivity contribution in [3.63, 3.8) is 0 Å². The third-order valence-corrected chi connectivity index (χ3v) is 4.49. The third-order valence-electron chi connectivity index (χ3n) is 4.49. The molecule has 2 aliphatic heterocycles. The number of likely N-dealkylation sites (tertiary alicyclic amines) is 1. The summed E-state index contributed by atoms with van der Waals surface area (Å²) in [5.74, 6) is 0.590. The molecule has 0 bridgehead atoms. The molecular formula is C14H28N2O2. The second kappa shape index (κ2) is 6.33. The van der Waals surface area contributed by atoms with Gasteiger partial charge in [-0.25, -0.2) is 0 Å². The molecular weight excluding hydrogens is 228 g/mol. The van der Waals surface area contributed by atoms with E-state index >= 15 is 0 Å². The number of nitrogens with zero attached hydrogens (tertiary/aromatic N) is 1. The quantitative estimate of drug-likeness (QED) is 0.786. The van der Waals surface area contributed by atoms with Gasteiger partial charge in [0.1, 0.15) is 0 Å². The highest BCUT2D eigenvalue weighted by atomic mass is 16.5. The molecule has 0 aromatic carbocycles. The van der Waals surface area contributed by atoms with Crippen LogP contribution in [0.4, 0.5) is 0 Å². The zero-order chi connectivity index (χ0) is 13.0. The number of hydrogen-bond acceptors (Lipinski definition) is 4. The average Bonchev–Trinajstić information content (AvgIpc) is 2.52. The van der Waals surface area contributed by atoms with Crippen LogP contribution in [0.25, 0.3) is 0 Å². The van der Waals surface area contributed by atoms with Crippen LogP contribution in [0.3, 0.4) is 0 Å². The smallest absolute Gasteiger partial charge is 0.0632 e. The van der Waals surface area contributed by atoms with Crippen LogP contribution in [0.1, 0.15) is 32.6 Å². The Hall–Kier alpha value is -0.160. The Morgan fingerprint density at radius 1 is 1.39 bits per heavy atom. The minimum absolute atomic E-state index is 0.458. The summed E-state index contributed by atoms with van der Waals surface area (Å²) in [5.41, 5.74) is -0.458. The summed E-state index contributed by atoms with van der Waals surface area (Å²) in [6.07, 6.45) is 4.04. The maximum atomic E-state index is 10.1. The predicted molar refractivity (Wildman–Crippen MR) is 72.7 cm³/mol. The van der Waals surface area contributed by atoms with Gasteiger partial charge in [-0.3, -0.25) is 0 Å². The van der Waals surface area contributed by atoms with Crippen molar-refractivity contribution in [3.8, 4) is 0 Å². The van der Waals surface area contributed by atoms with Crippen molar-refractivity contribution >= 4 is 0 Å². The summed E-state index contributed by atoms with van der Waals surface area (Å²) < 4.78 is 5.61. The Bertz CT molecular complexity index is 258. The van der Waals surface area contributed by atoms with E-state index in [2.05, 4.69) is 17.3 Å². The number of ether oxygens (including phenoxy) is 1. The fraction of sp³-hybridized carbons (Fsp3) is 1.00. The second-order valence-corrected chi connectivity index (χ2v) is 6.17. The molecule has 0 aliphatic carbocycles. The Balaban J connectivity index is 1.84. The predicted octanol–water partition coefficient (Wildman–Crippen LogP) is 0.848. The lowest BCUT2D eigenvalue weighted by Crippen LogP contribution is -2.47. The Labute approximate surface area is 111 Å². The van der Waals surface area contributed by atoms with Crippen LogP contribution < -0.4 is 5.32 Å². The molecule has 0 saturated carbocycles. The van der Waals surface area contributed by atoms with Crippen molar-refractivity contribution in [2.45, 2.75) is 44.2 Å². The van der Waals surface area contributed by atoms with Crippen LogP contribution in [0, 0.1) is 5.92 Å². The van der Waals surface area contributed by atoms with Crippen molar-refractivity contribution in [1.82, 2.24) is 10.2 Å². The molecule has 2 heterocycles. The summed E-state index contributed by atoms with van der Waals surface area (Å²) in [4.78, 5) is 2.51. The van der Waals surface area contributed by atoms with Gasteiger partial charge in [0.25, 0.3) is 0 Å². The van der Waals surface area contributed by atoms with Gasteiger partial charge in [0.05, 0.1) is 12.2 Å². The number of nitrogens with one attached hydrogen (secondary N) is 1. The highest BCUT2D eigenvalue weighted by Crippen LogP contribution is 2.23. The molecule has 2 aliphatic rings. The minimum Gasteiger partial charge on any atom is -0.390 e. The number of hydrogen-bond donors (Lipinski definition) is 2. The number of rotatable bonds is 3. The van der Waals surface area contributed by atoms with Crippen molar-refractivity contribution in [2.75, 3.05) is 39.9 Å². The largest absolute Gasteiger partial charge is 0.390 e. The summed E-state index contributed by atoms with van der Waals surface area (Å²) in [6.45, 7) is 6.95. The molecule has 18 heavy (non-hydrogen) atoms. The lowest BCUT2D eigenvalue weighted by molar-refractivity contribution is 0.0158. The van der Waals surface area contributed by atoms with Gasteiger partial charge in [-0.1, -0.05) is 0 Å². The molecule has 3 atom stereocenters. The Kier molecular flexibility index (Phi) is 5.01. The maximum Gasteiger partial charge on any atom is 0.0632 e. The first-order valence-electron chi connectivity index (χ1n) is 7.30. The first-order chi connectivity index (χ1) is 8.61. The maximum absolute atomic E-state index is 10.1. The van der Waals surface area contributed by atoms with Crippen molar-refractivity contribution in [3.05, 3.63) is 0 Å². The molecule has 4 nitrogen and oxygen atoms in total. The number of aliphatic hydroxyl groups is 1. The summed E-state index contributed by atoms with van der Waals surface area (Å²) >= 11 is 0. The van der Waals surface area contributed by atoms with Crippen LogP contribution in [0.2, 0.25) is 0 Å². The van der Waals surface area contributed by atoms with E-state index in [-0.39, 0.29) is 0 Å². The van der Waals surface area contributed by atoms with E-state index in [1.54, 1.807) is 0 Å². The van der Waals surface area contributed by atoms with Crippen LogP contribution >= 0.6 is 0 Å². The molecule has 2 N–H and O–H groups in total. The van der Waals surface area contributed by atoms with E-state index in [9.17, 15) is 5.11 Å². The topological polar surface area (TPSA) is 44.7 Å². The van der Waals surface area contributed by atoms with Gasteiger partial charge in [0, 0.05) is 31.7 Å². The Morgan fingerprint density at radius 3 is 3.00 bits per heavy atom. The lowest BCUT2D eigenvalue weighted by atomic mass is 9.95. The van der Waals surface area contributed by atoms with E-state index in [1.165, 1.54) is 0 Å². The average molecular weight is 256 g/mol. The molecule has 4 heteroatoms. The third kappa shape index (κ3) is 3.92. The highest BCUT2D eigenvalue weighted by molar-refractivity contribution is 4.84. The summed E-state index contributed by atoms with van der Waals surface area (Å²) in [5, 5.41) is 13.5. The highest BCUT2D eigenvalue weighted by Gasteiger charge is 2.29. The molecule has 0 aromatic heterocycles. The van der Waals surface area contributed by atoms with Gasteiger partial charge in [-0.2, -0.15) is 0 Å². The van der Waals surface area contributed by atoms with Gasteiger partial charge < -0.3 is 20.1 Å². The lowest BCUT2D eigenvalue weighted by Gasteiger charge is -2.35. The monoisotopic (exact) mass is 256 g/mol. The van der Waals surface area contributed by atoms with E-state index in [1.807, 2.05) is 6.92 Å². The van der Waals surface area contributed by atoms with Crippen LogP contribution in [0.5, 0.6) is 0 Å². The van der Waals surface area contributed by atoms with E-state index in [0.29, 0.717) is 12.0 Å². The normalized spacial score (nSPS) is 39.5. The van der Waals surface area contributed by atoms with E-state index in [0.717, 1.165) is 58.5 Å². The first-order valence-corrected chi connectivity index (χ1v) is 7.30. The van der Waals surface area contributed by atoms with E-state index < -0.39 is 5.60 Å². The molecule has 0 aromatic rings. The standard InChI is InChI=1S/C14H28N2O2/c1-14(17)5-3-7-16(8-6-14)10-12-11-18-9-4-13(12)15-2/h12-13,15,17H,3-11H2,1-2H3. The zero-order valence-electron chi connectivity index (χ0n) is 11.8. The zero-order valence-corrected chi connectivity index (χ0v) is 11.8. The second-order valence-electron chi connectivity index (χ2n) is 6.17. The van der Waals surface area contributed by atoms with Gasteiger partial charge in [0.15, 0.2) is 0 Å². The van der Waals surface area contributed by atoms with Gasteiger partial charge >= 0.3 is 0 Å². The molecule has 3 unspecified atom stereocenters. The van der Waals surface area contributed by atoms with Crippen LogP contribution in [-0.2, 0) is 4.74 Å². The van der Waals surface area contributed by atoms with Crippen molar-refractivity contribution < 1.29 is 9.84 Å². The van der Waals surface area contributed by atoms with Gasteiger partial charge in [-0.05, 0) is 46.2 Å². The molecule has 0 radical (unpaired) electrons. The molecule has 0 spiro atoms. The van der Waals surface area contributed by atoms with Gasteiger partial charge in [0.2, 0.25) is 0 Å². The molecule has 2 saturated heterocycles. The van der Waals surface area contributed by atoms with Gasteiger partial charge in [-0.15, -0.1) is 0 Å². The summed E-state index contributed by atoms with van der Waals surface area (Å²) in [6, 6.07) is 0.586. The summed E-state index contributed by atoms with van der Waals surface area (Å²) in [7, 11) is 2.05. The van der Waals surface area contributed by atoms with Crippen molar-refractivity contribution in [2.24, 2.45) is 5.92 Å². The van der Waals surface area contributed by atoms with E-state index in [4.69, 9.17) is 4.74 Å². The fourth-order valence-corrected chi connectivity index (χ4v) is 3.19. The molecule has 106 valence electrons. The van der Waals surface area contributed by atoms with Crippen LogP contribution in [-0.4, -0.2) is 61.5 Å².